The quantitative estimate of drug-likeness (QED) is 0.847. The largest absolute Gasteiger partial charge is 0.372 e. The van der Waals surface area contributed by atoms with Crippen LogP contribution in [0.3, 0.4) is 0 Å². The van der Waals surface area contributed by atoms with E-state index in [1.54, 1.807) is 0 Å². The molecule has 2 amide bonds. The Hall–Kier alpha value is -2.96. The second-order valence-corrected chi connectivity index (χ2v) is 7.58. The summed E-state index contributed by atoms with van der Waals surface area (Å²) in [5.41, 5.74) is 1.80. The Morgan fingerprint density at radius 1 is 1.00 bits per heavy atom. The van der Waals surface area contributed by atoms with Crippen molar-refractivity contribution in [3.05, 3.63) is 54.1 Å². The molecule has 2 fully saturated rings. The summed E-state index contributed by atoms with van der Waals surface area (Å²) in [6.07, 6.45) is 3.65. The van der Waals surface area contributed by atoms with Gasteiger partial charge in [0.1, 0.15) is 11.6 Å². The molecular weight excluding hydrogens is 376 g/mol. The second-order valence-electron chi connectivity index (χ2n) is 7.58. The monoisotopic (exact) mass is 399 g/mol. The molecule has 1 atom stereocenters. The Balaban J connectivity index is 1.39. The highest BCUT2D eigenvalue weighted by atomic mass is 19.1. The topological polar surface area (TPSA) is 52.7 Å². The Morgan fingerprint density at radius 3 is 2.41 bits per heavy atom. The molecule has 7 heteroatoms. The smallest absolute Gasteiger partial charge is 0.229 e. The molecule has 2 aliphatic heterocycles. The minimum Gasteiger partial charge on any atom is -0.372 e. The molecule has 1 N–H and O–H groups in total. The zero-order valence-electron chi connectivity index (χ0n) is 16.0. The van der Waals surface area contributed by atoms with E-state index in [4.69, 9.17) is 0 Å². The van der Waals surface area contributed by atoms with Gasteiger partial charge >= 0.3 is 0 Å². The van der Waals surface area contributed by atoms with Gasteiger partial charge in [-0.05, 0) is 55.7 Å². The fourth-order valence-electron chi connectivity index (χ4n) is 3.97. The highest BCUT2D eigenvalue weighted by Gasteiger charge is 2.36. The molecular formula is C22H23F2N3O2. The summed E-state index contributed by atoms with van der Waals surface area (Å²) in [4.78, 5) is 28.4. The zero-order chi connectivity index (χ0) is 20.4. The van der Waals surface area contributed by atoms with Crippen LogP contribution in [-0.4, -0.2) is 31.4 Å². The highest BCUT2D eigenvalue weighted by Crippen LogP contribution is 2.29. The van der Waals surface area contributed by atoms with Gasteiger partial charge in [-0.1, -0.05) is 0 Å². The number of anilines is 3. The molecule has 152 valence electrons. The molecule has 5 nitrogen and oxygen atoms in total. The lowest BCUT2D eigenvalue weighted by molar-refractivity contribution is -0.122. The van der Waals surface area contributed by atoms with Crippen molar-refractivity contribution in [2.24, 2.45) is 5.92 Å². The van der Waals surface area contributed by atoms with Gasteiger partial charge in [-0.25, -0.2) is 8.78 Å². The summed E-state index contributed by atoms with van der Waals surface area (Å²) < 4.78 is 27.1. The average Bonchev–Trinajstić information content (AvgIpc) is 3.11. The molecule has 29 heavy (non-hydrogen) atoms. The van der Waals surface area contributed by atoms with Gasteiger partial charge in [0.05, 0.1) is 11.6 Å². The van der Waals surface area contributed by atoms with Gasteiger partial charge in [0.2, 0.25) is 11.8 Å². The van der Waals surface area contributed by atoms with Gasteiger partial charge in [-0.3, -0.25) is 9.59 Å². The van der Waals surface area contributed by atoms with Crippen molar-refractivity contribution in [3.63, 3.8) is 0 Å². The predicted molar refractivity (Wildman–Crippen MR) is 108 cm³/mol. The summed E-state index contributed by atoms with van der Waals surface area (Å²) in [6.45, 7) is 2.16. The van der Waals surface area contributed by atoms with Crippen molar-refractivity contribution < 1.29 is 18.4 Å². The van der Waals surface area contributed by atoms with Crippen molar-refractivity contribution in [2.45, 2.75) is 25.7 Å². The van der Waals surface area contributed by atoms with Crippen LogP contribution >= 0.6 is 0 Å². The van der Waals surface area contributed by atoms with Gasteiger partial charge in [0.15, 0.2) is 0 Å². The molecule has 2 saturated heterocycles. The fraction of sp³-hybridized carbons (Fsp3) is 0.364. The highest BCUT2D eigenvalue weighted by molar-refractivity contribution is 6.03. The van der Waals surface area contributed by atoms with E-state index in [1.807, 2.05) is 24.3 Å². The first kappa shape index (κ1) is 19.4. The number of amides is 2. The minimum absolute atomic E-state index is 0.00224. The van der Waals surface area contributed by atoms with Gasteiger partial charge in [0.25, 0.3) is 0 Å². The molecule has 0 radical (unpaired) electrons. The third-order valence-corrected chi connectivity index (χ3v) is 5.55. The summed E-state index contributed by atoms with van der Waals surface area (Å²) in [5.74, 6) is -2.74. The lowest BCUT2D eigenvalue weighted by atomic mass is 10.1. The maximum Gasteiger partial charge on any atom is 0.229 e. The van der Waals surface area contributed by atoms with Crippen LogP contribution in [0.4, 0.5) is 25.8 Å². The van der Waals surface area contributed by atoms with Crippen LogP contribution in [0, 0.1) is 17.6 Å². The number of piperidine rings is 1. The number of rotatable bonds is 4. The number of nitrogens with zero attached hydrogens (tertiary/aromatic N) is 2. The van der Waals surface area contributed by atoms with Gasteiger partial charge in [-0.15, -0.1) is 0 Å². The van der Waals surface area contributed by atoms with Crippen LogP contribution in [0.2, 0.25) is 0 Å². The third-order valence-electron chi connectivity index (χ3n) is 5.55. The molecule has 2 aliphatic rings. The minimum atomic E-state index is -0.812. The second kappa shape index (κ2) is 8.19. The standard InChI is InChI=1S/C22H23F2N3O2/c23-16-4-9-20(19(24)13-16)27-14-15(12-21(27)28)22(29)25-17-5-7-18(8-6-17)26-10-2-1-3-11-26/h4-9,13,15H,1-3,10-12,14H2,(H,25,29). The Bertz CT molecular complexity index is 911. The SMILES string of the molecule is O=C(Nc1ccc(N2CCCCC2)cc1)C1CC(=O)N(c2ccc(F)cc2F)C1. The Morgan fingerprint density at radius 2 is 1.72 bits per heavy atom. The zero-order valence-corrected chi connectivity index (χ0v) is 16.0. The van der Waals surface area contributed by atoms with E-state index in [2.05, 4.69) is 10.2 Å². The van der Waals surface area contributed by atoms with E-state index in [0.717, 1.165) is 30.9 Å². The Kier molecular flexibility index (Phi) is 5.47. The molecule has 0 aliphatic carbocycles. The van der Waals surface area contributed by atoms with Crippen LogP contribution < -0.4 is 15.1 Å². The van der Waals surface area contributed by atoms with Crippen molar-refractivity contribution in [3.8, 4) is 0 Å². The number of hydrogen-bond acceptors (Lipinski definition) is 3. The normalized spacial score (nSPS) is 19.5. The number of nitrogens with one attached hydrogen (secondary N) is 1. The summed E-state index contributed by atoms with van der Waals surface area (Å²) in [6, 6.07) is 10.7. The molecule has 2 aromatic carbocycles. The fourth-order valence-corrected chi connectivity index (χ4v) is 3.97. The lowest BCUT2D eigenvalue weighted by Gasteiger charge is -2.28. The van der Waals surface area contributed by atoms with E-state index in [1.165, 1.54) is 30.2 Å². The van der Waals surface area contributed by atoms with E-state index in [0.29, 0.717) is 5.69 Å². The number of hydrogen-bond donors (Lipinski definition) is 1. The average molecular weight is 399 g/mol. The van der Waals surface area contributed by atoms with Crippen LogP contribution in [0.5, 0.6) is 0 Å². The molecule has 4 rings (SSSR count). The maximum atomic E-state index is 14.0. The van der Waals surface area contributed by atoms with Crippen LogP contribution in [0.1, 0.15) is 25.7 Å². The van der Waals surface area contributed by atoms with Crippen molar-refractivity contribution in [2.75, 3.05) is 34.8 Å². The number of benzene rings is 2. The number of halogens is 2. The van der Waals surface area contributed by atoms with Crippen LogP contribution in [-0.2, 0) is 9.59 Å². The summed E-state index contributed by atoms with van der Waals surface area (Å²) in [5, 5.41) is 2.84. The summed E-state index contributed by atoms with van der Waals surface area (Å²) in [7, 11) is 0. The molecule has 0 aromatic heterocycles. The third kappa shape index (κ3) is 4.23. The lowest BCUT2D eigenvalue weighted by Crippen LogP contribution is -2.29. The molecule has 2 heterocycles. The van der Waals surface area contributed by atoms with E-state index in [9.17, 15) is 18.4 Å². The van der Waals surface area contributed by atoms with Crippen molar-refractivity contribution in [1.29, 1.82) is 0 Å². The first-order valence-corrected chi connectivity index (χ1v) is 9.92. The molecule has 0 saturated carbocycles. The molecule has 0 bridgehead atoms. The van der Waals surface area contributed by atoms with E-state index in [-0.39, 0.29) is 30.5 Å². The van der Waals surface area contributed by atoms with Crippen LogP contribution in [0.25, 0.3) is 0 Å². The van der Waals surface area contributed by atoms with Crippen LogP contribution in [0.15, 0.2) is 42.5 Å². The maximum absolute atomic E-state index is 14.0. The Labute approximate surface area is 168 Å². The first-order valence-electron chi connectivity index (χ1n) is 9.92. The molecule has 1 unspecified atom stereocenters. The molecule has 0 spiro atoms. The van der Waals surface area contributed by atoms with Gasteiger partial charge < -0.3 is 15.1 Å². The van der Waals surface area contributed by atoms with E-state index >= 15 is 0 Å². The van der Waals surface area contributed by atoms with E-state index < -0.39 is 17.6 Å². The number of carbonyl (C=O) groups excluding carboxylic acids is 2. The first-order chi connectivity index (χ1) is 14.0. The van der Waals surface area contributed by atoms with Crippen molar-refractivity contribution in [1.82, 2.24) is 0 Å². The van der Waals surface area contributed by atoms with Crippen molar-refractivity contribution >= 4 is 28.9 Å². The van der Waals surface area contributed by atoms with Gasteiger partial charge in [-0.2, -0.15) is 0 Å². The molecule has 2 aromatic rings. The predicted octanol–water partition coefficient (Wildman–Crippen LogP) is 3.95. The van der Waals surface area contributed by atoms with Gasteiger partial charge in [0, 0.05) is 43.5 Å². The summed E-state index contributed by atoms with van der Waals surface area (Å²) >= 11 is 0. The number of carbonyl (C=O) groups is 2.